The zero-order valence-electron chi connectivity index (χ0n) is 10.4. The number of hydrogen-bond acceptors (Lipinski definition) is 2. The molecule has 0 amide bonds. The molecule has 1 aromatic carbocycles. The summed E-state index contributed by atoms with van der Waals surface area (Å²) < 4.78 is 18.7. The van der Waals surface area contributed by atoms with E-state index in [-0.39, 0.29) is 11.4 Å². The number of ether oxygens (including phenoxy) is 1. The lowest BCUT2D eigenvalue weighted by Gasteiger charge is -2.20. The Kier molecular flexibility index (Phi) is 4.30. The number of hydrogen-bond donors (Lipinski definition) is 1. The van der Waals surface area contributed by atoms with E-state index in [1.54, 1.807) is 12.1 Å². The summed E-state index contributed by atoms with van der Waals surface area (Å²) in [5, 5.41) is 3.28. The van der Waals surface area contributed by atoms with Gasteiger partial charge in [0.15, 0.2) is 11.6 Å². The zero-order chi connectivity index (χ0) is 12.2. The van der Waals surface area contributed by atoms with E-state index >= 15 is 0 Å². The van der Waals surface area contributed by atoms with Crippen molar-refractivity contribution in [2.45, 2.75) is 33.2 Å². The van der Waals surface area contributed by atoms with E-state index in [9.17, 15) is 4.39 Å². The molecule has 0 aliphatic carbocycles. The van der Waals surface area contributed by atoms with E-state index in [4.69, 9.17) is 4.74 Å². The Labute approximate surface area is 96.8 Å². The lowest BCUT2D eigenvalue weighted by Crippen LogP contribution is -2.38. The van der Waals surface area contributed by atoms with Crippen molar-refractivity contribution < 1.29 is 9.13 Å². The van der Waals surface area contributed by atoms with Gasteiger partial charge in [-0.2, -0.15) is 0 Å². The molecule has 1 N–H and O–H groups in total. The molecule has 0 aromatic heterocycles. The quantitative estimate of drug-likeness (QED) is 0.795. The highest BCUT2D eigenvalue weighted by molar-refractivity contribution is 5.29. The molecule has 1 aromatic rings. The molecule has 0 bridgehead atoms. The van der Waals surface area contributed by atoms with Crippen molar-refractivity contribution in [1.29, 1.82) is 0 Å². The fourth-order valence-corrected chi connectivity index (χ4v) is 1.31. The molecule has 0 saturated carbocycles. The molecule has 0 heterocycles. The van der Waals surface area contributed by atoms with Gasteiger partial charge in [0, 0.05) is 12.1 Å². The average molecular weight is 225 g/mol. The maximum Gasteiger partial charge on any atom is 0.165 e. The molecule has 90 valence electrons. The van der Waals surface area contributed by atoms with Crippen LogP contribution >= 0.6 is 0 Å². The fraction of sp³-hybridized carbons (Fsp3) is 0.538. The molecular weight excluding hydrogens is 205 g/mol. The first-order chi connectivity index (χ1) is 7.38. The van der Waals surface area contributed by atoms with Crippen LogP contribution in [0.4, 0.5) is 4.39 Å². The van der Waals surface area contributed by atoms with E-state index in [0.29, 0.717) is 18.9 Å². The second kappa shape index (κ2) is 5.30. The highest BCUT2D eigenvalue weighted by atomic mass is 19.1. The maximum atomic E-state index is 13.3. The Balaban J connectivity index is 2.40. The highest BCUT2D eigenvalue weighted by Crippen LogP contribution is 2.17. The predicted molar refractivity (Wildman–Crippen MR) is 64.4 cm³/mol. The molecule has 0 saturated heterocycles. The third kappa shape index (κ3) is 4.62. The lowest BCUT2D eigenvalue weighted by molar-refractivity contribution is 0.279. The van der Waals surface area contributed by atoms with Crippen molar-refractivity contribution in [2.75, 3.05) is 13.2 Å². The van der Waals surface area contributed by atoms with Gasteiger partial charge >= 0.3 is 0 Å². The predicted octanol–water partition coefficient (Wildman–Crippen LogP) is 2.90. The van der Waals surface area contributed by atoms with Gasteiger partial charge in [0.05, 0.1) is 0 Å². The van der Waals surface area contributed by atoms with E-state index in [0.717, 1.165) is 5.56 Å². The van der Waals surface area contributed by atoms with Gasteiger partial charge in [0.1, 0.15) is 6.61 Å². The van der Waals surface area contributed by atoms with E-state index in [2.05, 4.69) is 26.1 Å². The summed E-state index contributed by atoms with van der Waals surface area (Å²) >= 11 is 0. The van der Waals surface area contributed by atoms with Crippen LogP contribution in [0, 0.1) is 12.7 Å². The van der Waals surface area contributed by atoms with Crippen molar-refractivity contribution in [1.82, 2.24) is 5.32 Å². The summed E-state index contributed by atoms with van der Waals surface area (Å²) in [4.78, 5) is 0. The first-order valence-electron chi connectivity index (χ1n) is 5.52. The lowest BCUT2D eigenvalue weighted by atomic mass is 10.1. The highest BCUT2D eigenvalue weighted by Gasteiger charge is 2.08. The van der Waals surface area contributed by atoms with Crippen LogP contribution in [0.1, 0.15) is 26.3 Å². The minimum atomic E-state index is -0.304. The summed E-state index contributed by atoms with van der Waals surface area (Å²) in [5.41, 5.74) is 1.06. The molecule has 0 radical (unpaired) electrons. The molecule has 1 rings (SSSR count). The third-order valence-electron chi connectivity index (χ3n) is 2.10. The van der Waals surface area contributed by atoms with Gasteiger partial charge in [0.2, 0.25) is 0 Å². The summed E-state index contributed by atoms with van der Waals surface area (Å²) in [6.45, 7) is 9.34. The minimum Gasteiger partial charge on any atom is -0.489 e. The van der Waals surface area contributed by atoms with Crippen LogP contribution in [0.3, 0.4) is 0 Å². The Morgan fingerprint density at radius 3 is 2.62 bits per heavy atom. The molecular formula is C13H20FNO. The number of rotatable bonds is 4. The first kappa shape index (κ1) is 13.0. The largest absolute Gasteiger partial charge is 0.489 e. The molecule has 0 spiro atoms. The van der Waals surface area contributed by atoms with Gasteiger partial charge in [-0.25, -0.2) is 4.39 Å². The number of aryl methyl sites for hydroxylation is 1. The van der Waals surface area contributed by atoms with Crippen molar-refractivity contribution in [3.05, 3.63) is 29.6 Å². The molecule has 0 unspecified atom stereocenters. The van der Waals surface area contributed by atoms with Crippen LogP contribution in [-0.2, 0) is 0 Å². The van der Waals surface area contributed by atoms with E-state index in [1.807, 2.05) is 6.92 Å². The molecule has 2 nitrogen and oxygen atoms in total. The smallest absolute Gasteiger partial charge is 0.165 e. The Bertz CT molecular complexity index is 344. The van der Waals surface area contributed by atoms with Crippen LogP contribution in [0.2, 0.25) is 0 Å². The minimum absolute atomic E-state index is 0.0640. The molecule has 0 aliphatic heterocycles. The van der Waals surface area contributed by atoms with Crippen LogP contribution in [0.15, 0.2) is 18.2 Å². The SMILES string of the molecule is Cc1ccc(F)c(OCCNC(C)(C)C)c1. The zero-order valence-corrected chi connectivity index (χ0v) is 10.4. The molecule has 0 fully saturated rings. The standard InChI is InChI=1S/C13H20FNO/c1-10-5-6-11(14)12(9-10)16-8-7-15-13(2,3)4/h5-6,9,15H,7-8H2,1-4H3. The second-order valence-electron chi connectivity index (χ2n) is 4.96. The second-order valence-corrected chi connectivity index (χ2v) is 4.96. The van der Waals surface area contributed by atoms with Gasteiger partial charge < -0.3 is 10.1 Å². The van der Waals surface area contributed by atoms with Crippen molar-refractivity contribution in [2.24, 2.45) is 0 Å². The van der Waals surface area contributed by atoms with Crippen LogP contribution in [0.25, 0.3) is 0 Å². The Morgan fingerprint density at radius 1 is 1.31 bits per heavy atom. The van der Waals surface area contributed by atoms with E-state index in [1.165, 1.54) is 6.07 Å². The van der Waals surface area contributed by atoms with Crippen molar-refractivity contribution in [3.8, 4) is 5.75 Å². The van der Waals surface area contributed by atoms with Gasteiger partial charge in [-0.05, 0) is 45.4 Å². The topological polar surface area (TPSA) is 21.3 Å². The third-order valence-corrected chi connectivity index (χ3v) is 2.10. The summed E-state index contributed by atoms with van der Waals surface area (Å²) in [6, 6.07) is 4.88. The maximum absolute atomic E-state index is 13.3. The van der Waals surface area contributed by atoms with Gasteiger partial charge in [-0.15, -0.1) is 0 Å². The van der Waals surface area contributed by atoms with Crippen LogP contribution < -0.4 is 10.1 Å². The molecule has 3 heteroatoms. The average Bonchev–Trinajstić information content (AvgIpc) is 2.16. The van der Waals surface area contributed by atoms with Gasteiger partial charge in [0.25, 0.3) is 0 Å². The van der Waals surface area contributed by atoms with E-state index < -0.39 is 0 Å². The van der Waals surface area contributed by atoms with Crippen LogP contribution in [-0.4, -0.2) is 18.7 Å². The van der Waals surface area contributed by atoms with Crippen molar-refractivity contribution in [3.63, 3.8) is 0 Å². The summed E-state index contributed by atoms with van der Waals surface area (Å²) in [5.74, 6) is 0.0251. The van der Waals surface area contributed by atoms with Gasteiger partial charge in [-0.3, -0.25) is 0 Å². The fourth-order valence-electron chi connectivity index (χ4n) is 1.31. The Hall–Kier alpha value is -1.09. The Morgan fingerprint density at radius 2 is 2.00 bits per heavy atom. The van der Waals surface area contributed by atoms with Crippen LogP contribution in [0.5, 0.6) is 5.75 Å². The van der Waals surface area contributed by atoms with Crippen molar-refractivity contribution >= 4 is 0 Å². The summed E-state index contributed by atoms with van der Waals surface area (Å²) in [6.07, 6.45) is 0. The van der Waals surface area contributed by atoms with Gasteiger partial charge in [-0.1, -0.05) is 6.07 Å². The number of nitrogens with one attached hydrogen (secondary N) is 1. The first-order valence-corrected chi connectivity index (χ1v) is 5.52. The molecule has 0 atom stereocenters. The molecule has 0 aliphatic rings. The monoisotopic (exact) mass is 225 g/mol. The summed E-state index contributed by atoms with van der Waals surface area (Å²) in [7, 11) is 0. The number of halogens is 1. The normalized spacial score (nSPS) is 11.6. The molecule has 16 heavy (non-hydrogen) atoms. The number of benzene rings is 1.